The molecule has 0 atom stereocenters. The zero-order valence-electron chi connectivity index (χ0n) is 18.6. The first-order valence-electron chi connectivity index (χ1n) is 11.1. The van der Waals surface area contributed by atoms with Gasteiger partial charge < -0.3 is 10.6 Å². The summed E-state index contributed by atoms with van der Waals surface area (Å²) in [5.74, 6) is 2.06. The van der Waals surface area contributed by atoms with Crippen molar-refractivity contribution in [1.29, 1.82) is 0 Å². The molecule has 1 fully saturated rings. The van der Waals surface area contributed by atoms with E-state index in [-0.39, 0.29) is 23.6 Å². The van der Waals surface area contributed by atoms with Crippen molar-refractivity contribution in [3.63, 3.8) is 0 Å². The van der Waals surface area contributed by atoms with Crippen molar-refractivity contribution in [3.8, 4) is 12.3 Å². The summed E-state index contributed by atoms with van der Waals surface area (Å²) in [7, 11) is -4.16. The van der Waals surface area contributed by atoms with Crippen LogP contribution in [0.1, 0.15) is 57.8 Å². The number of nitrogens with one attached hydrogen (secondary N) is 3. The summed E-state index contributed by atoms with van der Waals surface area (Å²) in [4.78, 5) is 24.5. The minimum Gasteiger partial charge on any atom is -0.326 e. The van der Waals surface area contributed by atoms with E-state index < -0.39 is 16.1 Å². The molecule has 7 nitrogen and oxygen atoms in total. The van der Waals surface area contributed by atoms with Crippen molar-refractivity contribution in [3.05, 3.63) is 59.3 Å². The van der Waals surface area contributed by atoms with Gasteiger partial charge in [-0.25, -0.2) is 17.9 Å². The summed E-state index contributed by atoms with van der Waals surface area (Å²) in [6, 6.07) is 4.86. The number of benzene rings is 1. The molecule has 0 unspecified atom stereocenters. The third-order valence-corrected chi connectivity index (χ3v) is 6.96. The molecule has 0 bridgehead atoms. The average Bonchev–Trinajstić information content (AvgIpc) is 3.24. The van der Waals surface area contributed by atoms with E-state index in [4.69, 9.17) is 6.42 Å². The Bertz CT molecular complexity index is 1160. The highest BCUT2D eigenvalue weighted by atomic mass is 32.2. The molecule has 33 heavy (non-hydrogen) atoms. The zero-order chi connectivity index (χ0) is 23.8. The van der Waals surface area contributed by atoms with Crippen LogP contribution in [0.15, 0.2) is 64.2 Å². The molecule has 0 radical (unpaired) electrons. The minimum absolute atomic E-state index is 0.131. The first-order valence-corrected chi connectivity index (χ1v) is 12.6. The SMILES string of the molecule is C#CCCC(=O)Nc1cccc(S(=O)(=O)NC(=O)N/C2=C3\CCC\C3=C\CCCCC2=C)c1. The third kappa shape index (κ3) is 6.59. The number of amides is 3. The molecule has 3 rings (SSSR count). The monoisotopic (exact) mass is 467 g/mol. The maximum absolute atomic E-state index is 12.8. The highest BCUT2D eigenvalue weighted by Gasteiger charge is 2.24. The van der Waals surface area contributed by atoms with Crippen molar-refractivity contribution in [2.24, 2.45) is 0 Å². The maximum Gasteiger partial charge on any atom is 0.333 e. The van der Waals surface area contributed by atoms with Crippen LogP contribution in [0.4, 0.5) is 10.5 Å². The Morgan fingerprint density at radius 3 is 2.70 bits per heavy atom. The standard InChI is InChI=1S/C25H29N3O4S/c1-3-4-16-23(29)26-20-13-9-14-21(17-20)33(31,32)28-25(30)27-24-18(2)10-6-5-7-11-19-12-8-15-22(19)24/h1,9,11,13-14,17H,2,4-8,10,12,15-16H2,(H,26,29)(H2,27,28,30)/b19-11-,24-22+. The molecule has 2 aliphatic rings. The molecule has 0 spiro atoms. The van der Waals surface area contributed by atoms with Crippen molar-refractivity contribution < 1.29 is 18.0 Å². The number of hydrogen-bond acceptors (Lipinski definition) is 4. The van der Waals surface area contributed by atoms with Gasteiger partial charge in [-0.3, -0.25) is 4.79 Å². The van der Waals surface area contributed by atoms with Gasteiger partial charge in [0.2, 0.25) is 5.91 Å². The Morgan fingerprint density at radius 2 is 1.91 bits per heavy atom. The lowest BCUT2D eigenvalue weighted by Crippen LogP contribution is -2.39. The number of hydrogen-bond donors (Lipinski definition) is 3. The highest BCUT2D eigenvalue weighted by Crippen LogP contribution is 2.36. The van der Waals surface area contributed by atoms with Crippen molar-refractivity contribution >= 4 is 27.6 Å². The van der Waals surface area contributed by atoms with E-state index in [9.17, 15) is 18.0 Å². The summed E-state index contributed by atoms with van der Waals surface area (Å²) in [6.45, 7) is 4.14. The van der Waals surface area contributed by atoms with Gasteiger partial charge >= 0.3 is 6.03 Å². The Balaban J connectivity index is 1.75. The largest absolute Gasteiger partial charge is 0.333 e. The summed E-state index contributed by atoms with van der Waals surface area (Å²) in [5.41, 5.74) is 4.00. The van der Waals surface area contributed by atoms with Gasteiger partial charge in [0.25, 0.3) is 10.0 Å². The molecule has 1 aromatic carbocycles. The van der Waals surface area contributed by atoms with Gasteiger partial charge in [0.15, 0.2) is 0 Å². The minimum atomic E-state index is -4.16. The summed E-state index contributed by atoms with van der Waals surface area (Å²) < 4.78 is 27.7. The number of urea groups is 1. The van der Waals surface area contributed by atoms with E-state index in [1.165, 1.54) is 23.8 Å². The van der Waals surface area contributed by atoms with E-state index in [0.29, 0.717) is 11.4 Å². The van der Waals surface area contributed by atoms with Crippen molar-refractivity contribution in [2.75, 3.05) is 5.32 Å². The number of anilines is 1. The number of carbonyl (C=O) groups is 2. The summed E-state index contributed by atoms with van der Waals surface area (Å²) in [6.07, 6.45) is 14.3. The van der Waals surface area contributed by atoms with Crippen LogP contribution in [0.3, 0.4) is 0 Å². The number of terminal acetylenes is 1. The number of rotatable bonds is 6. The van der Waals surface area contributed by atoms with Gasteiger partial charge in [0.1, 0.15) is 0 Å². The van der Waals surface area contributed by atoms with E-state index in [1.54, 1.807) is 6.07 Å². The first kappa shape index (κ1) is 24.3. The molecular formula is C25H29N3O4S. The average molecular weight is 468 g/mol. The van der Waals surface area contributed by atoms with Crippen LogP contribution >= 0.6 is 0 Å². The predicted molar refractivity (Wildman–Crippen MR) is 129 cm³/mol. The molecule has 0 aromatic heterocycles. The number of allylic oxidation sites excluding steroid dienone is 4. The van der Waals surface area contributed by atoms with Crippen molar-refractivity contribution in [1.82, 2.24) is 10.0 Å². The molecule has 2 aliphatic carbocycles. The van der Waals surface area contributed by atoms with Gasteiger partial charge in [-0.2, -0.15) is 0 Å². The topological polar surface area (TPSA) is 104 Å². The van der Waals surface area contributed by atoms with Gasteiger partial charge in [-0.1, -0.05) is 18.7 Å². The van der Waals surface area contributed by atoms with Crippen LogP contribution in [0.2, 0.25) is 0 Å². The van der Waals surface area contributed by atoms with Crippen LogP contribution in [0.5, 0.6) is 0 Å². The molecule has 0 heterocycles. The Hall–Kier alpha value is -3.31. The quantitative estimate of drug-likeness (QED) is 0.535. The predicted octanol–water partition coefficient (Wildman–Crippen LogP) is 4.52. The number of sulfonamides is 1. The van der Waals surface area contributed by atoms with Gasteiger partial charge in [-0.15, -0.1) is 12.3 Å². The molecule has 0 aliphatic heterocycles. The van der Waals surface area contributed by atoms with Crippen LogP contribution in [0, 0.1) is 12.3 Å². The van der Waals surface area contributed by atoms with E-state index in [1.807, 2.05) is 0 Å². The molecule has 8 heteroatoms. The fourth-order valence-electron chi connectivity index (χ4n) is 4.01. The second-order valence-corrected chi connectivity index (χ2v) is 9.81. The molecule has 1 aromatic rings. The first-order chi connectivity index (χ1) is 15.8. The second-order valence-electron chi connectivity index (χ2n) is 8.13. The normalized spacial score (nSPS) is 20.2. The van der Waals surface area contributed by atoms with E-state index in [0.717, 1.165) is 56.1 Å². The summed E-state index contributed by atoms with van der Waals surface area (Å²) >= 11 is 0. The molecule has 3 amide bonds. The number of carbonyl (C=O) groups excluding carboxylic acids is 2. The lowest BCUT2D eigenvalue weighted by molar-refractivity contribution is -0.116. The third-order valence-electron chi connectivity index (χ3n) is 5.63. The molecule has 3 N–H and O–H groups in total. The molecule has 174 valence electrons. The van der Waals surface area contributed by atoms with Gasteiger partial charge in [0, 0.05) is 24.2 Å². The van der Waals surface area contributed by atoms with Crippen molar-refractivity contribution in [2.45, 2.75) is 62.7 Å². The summed E-state index contributed by atoms with van der Waals surface area (Å²) in [5, 5.41) is 5.36. The maximum atomic E-state index is 12.8. The van der Waals surface area contributed by atoms with E-state index >= 15 is 0 Å². The Kier molecular flexibility index (Phi) is 8.12. The Morgan fingerprint density at radius 1 is 1.09 bits per heavy atom. The lowest BCUT2D eigenvalue weighted by atomic mass is 10.0. The van der Waals surface area contributed by atoms with Crippen LogP contribution < -0.4 is 15.4 Å². The zero-order valence-corrected chi connectivity index (χ0v) is 19.4. The second kappa shape index (κ2) is 11.0. The van der Waals surface area contributed by atoms with Gasteiger partial charge in [0.05, 0.1) is 4.90 Å². The number of fused-ring (bicyclic) bond motifs is 1. The highest BCUT2D eigenvalue weighted by molar-refractivity contribution is 7.90. The fourth-order valence-corrected chi connectivity index (χ4v) is 4.96. The van der Waals surface area contributed by atoms with Gasteiger partial charge in [-0.05, 0) is 79.9 Å². The van der Waals surface area contributed by atoms with Crippen LogP contribution in [-0.2, 0) is 14.8 Å². The molecule has 0 saturated heterocycles. The van der Waals surface area contributed by atoms with Crippen LogP contribution in [0.25, 0.3) is 0 Å². The fraction of sp³-hybridized carbons (Fsp3) is 0.360. The van der Waals surface area contributed by atoms with E-state index in [2.05, 4.69) is 33.9 Å². The Labute approximate surface area is 195 Å². The molecular weight excluding hydrogens is 438 g/mol. The van der Waals surface area contributed by atoms with Crippen LogP contribution in [-0.4, -0.2) is 20.4 Å². The lowest BCUT2D eigenvalue weighted by Gasteiger charge is -2.17. The smallest absolute Gasteiger partial charge is 0.326 e. The molecule has 1 saturated carbocycles.